The van der Waals surface area contributed by atoms with E-state index in [4.69, 9.17) is 4.74 Å². The third-order valence-corrected chi connectivity index (χ3v) is 7.71. The number of carbonyl (C=O) groups excluding carboxylic acids is 2. The molecule has 0 spiro atoms. The fourth-order valence-corrected chi connectivity index (χ4v) is 5.49. The lowest BCUT2D eigenvalue weighted by Crippen LogP contribution is -2.45. The third kappa shape index (κ3) is 6.04. The Morgan fingerprint density at radius 2 is 2.13 bits per heavy atom. The molecule has 0 unspecified atom stereocenters. The predicted octanol–water partition coefficient (Wildman–Crippen LogP) is 4.61. The number of amides is 1. The largest absolute Gasteiger partial charge is 0.452 e. The maximum absolute atomic E-state index is 12.7. The average molecular weight is 464 g/mol. The van der Waals surface area contributed by atoms with Crippen LogP contribution < -0.4 is 5.32 Å². The van der Waals surface area contributed by atoms with E-state index < -0.39 is 17.5 Å². The van der Waals surface area contributed by atoms with E-state index in [2.05, 4.69) is 24.1 Å². The minimum Gasteiger partial charge on any atom is -0.452 e. The Bertz CT molecular complexity index is 978. The Kier molecular flexibility index (Phi) is 7.66. The van der Waals surface area contributed by atoms with Gasteiger partial charge in [-0.1, -0.05) is 38.5 Å². The molecule has 1 saturated carbocycles. The zero-order valence-electron chi connectivity index (χ0n) is 17.6. The Morgan fingerprint density at radius 1 is 1.35 bits per heavy atom. The van der Waals surface area contributed by atoms with Crippen LogP contribution in [0.15, 0.2) is 32.8 Å². The molecule has 1 heterocycles. The highest BCUT2D eigenvalue weighted by Gasteiger charge is 2.28. The molecule has 8 nitrogen and oxygen atoms in total. The van der Waals surface area contributed by atoms with Gasteiger partial charge in [0, 0.05) is 34.1 Å². The highest BCUT2D eigenvalue weighted by molar-refractivity contribution is 8.01. The molecule has 3 rings (SSSR count). The zero-order valence-corrected chi connectivity index (χ0v) is 19.3. The van der Waals surface area contributed by atoms with Crippen molar-refractivity contribution in [3.8, 4) is 0 Å². The van der Waals surface area contributed by atoms with Crippen LogP contribution >= 0.6 is 23.1 Å². The van der Waals surface area contributed by atoms with Gasteiger partial charge in [0.25, 0.3) is 11.6 Å². The Balaban J connectivity index is 1.68. The molecular weight excluding hydrogens is 438 g/mol. The summed E-state index contributed by atoms with van der Waals surface area (Å²) in [4.78, 5) is 40.5. The van der Waals surface area contributed by atoms with Gasteiger partial charge >= 0.3 is 5.97 Å². The summed E-state index contributed by atoms with van der Waals surface area (Å²) >= 11 is 2.65. The van der Waals surface area contributed by atoms with Crippen molar-refractivity contribution in [2.24, 2.45) is 11.8 Å². The number of carbonyl (C=O) groups is 2. The number of aromatic nitrogens is 1. The van der Waals surface area contributed by atoms with E-state index >= 15 is 0 Å². The van der Waals surface area contributed by atoms with E-state index in [-0.39, 0.29) is 23.2 Å². The maximum atomic E-state index is 12.7. The molecule has 0 aliphatic heterocycles. The monoisotopic (exact) mass is 463 g/mol. The van der Waals surface area contributed by atoms with E-state index in [1.807, 2.05) is 12.3 Å². The molecule has 3 atom stereocenters. The van der Waals surface area contributed by atoms with Gasteiger partial charge in [0.1, 0.15) is 0 Å². The number of aryl methyl sites for hydroxylation is 1. The number of nitro benzene ring substituents is 1. The van der Waals surface area contributed by atoms with Crippen molar-refractivity contribution in [1.82, 2.24) is 10.3 Å². The lowest BCUT2D eigenvalue weighted by atomic mass is 9.78. The summed E-state index contributed by atoms with van der Waals surface area (Å²) < 4.78 is 5.91. The van der Waals surface area contributed by atoms with Gasteiger partial charge in [-0.05, 0) is 31.2 Å². The molecular formula is C21H25N3O5S2. The van der Waals surface area contributed by atoms with Crippen LogP contribution in [0.25, 0.3) is 0 Å². The molecule has 1 aliphatic carbocycles. The first kappa shape index (κ1) is 23.2. The van der Waals surface area contributed by atoms with Crippen molar-refractivity contribution < 1.29 is 19.2 Å². The number of esters is 1. The summed E-state index contributed by atoms with van der Waals surface area (Å²) in [5.74, 6) is -0.260. The Morgan fingerprint density at radius 3 is 2.81 bits per heavy atom. The second-order valence-electron chi connectivity index (χ2n) is 7.81. The quantitative estimate of drug-likeness (QED) is 0.362. The van der Waals surface area contributed by atoms with Gasteiger partial charge in [-0.25, -0.2) is 9.78 Å². The number of hydrogen-bond donors (Lipinski definition) is 1. The lowest BCUT2D eigenvalue weighted by Gasteiger charge is -2.34. The Hall–Kier alpha value is -2.46. The number of rotatable bonds is 7. The minimum absolute atomic E-state index is 0.0412. The molecule has 0 saturated heterocycles. The van der Waals surface area contributed by atoms with Crippen molar-refractivity contribution >= 4 is 40.7 Å². The first-order valence-corrected chi connectivity index (χ1v) is 11.8. The second-order valence-corrected chi connectivity index (χ2v) is 9.96. The first-order valence-electron chi connectivity index (χ1n) is 10.1. The number of nitro groups is 1. The van der Waals surface area contributed by atoms with Crippen molar-refractivity contribution in [2.45, 2.75) is 55.3 Å². The van der Waals surface area contributed by atoms with Gasteiger partial charge < -0.3 is 10.1 Å². The second kappa shape index (κ2) is 10.2. The van der Waals surface area contributed by atoms with E-state index in [0.29, 0.717) is 21.1 Å². The average Bonchev–Trinajstić information content (AvgIpc) is 3.14. The predicted molar refractivity (Wildman–Crippen MR) is 118 cm³/mol. The molecule has 31 heavy (non-hydrogen) atoms. The molecule has 1 aromatic carbocycles. The number of nitrogens with one attached hydrogen (secondary N) is 1. The molecule has 1 amide bonds. The van der Waals surface area contributed by atoms with Gasteiger partial charge in [0.2, 0.25) is 0 Å². The summed E-state index contributed by atoms with van der Waals surface area (Å²) in [5, 5.41) is 16.0. The number of thiazole rings is 1. The van der Waals surface area contributed by atoms with E-state index in [0.717, 1.165) is 25.0 Å². The smallest absolute Gasteiger partial charge is 0.340 e. The fraction of sp³-hybridized carbons (Fsp3) is 0.476. The topological polar surface area (TPSA) is 111 Å². The van der Waals surface area contributed by atoms with Crippen molar-refractivity contribution in [2.75, 3.05) is 6.61 Å². The number of nitrogens with zero attached hydrogens (tertiary/aromatic N) is 2. The number of benzene rings is 1. The van der Waals surface area contributed by atoms with Gasteiger partial charge in [0.15, 0.2) is 10.9 Å². The van der Waals surface area contributed by atoms with E-state index in [1.165, 1.54) is 41.3 Å². The SMILES string of the molecule is Cc1csc(Sc2ccc([N+](=O)[O-])cc2C(=O)OCC(=O)N[C@@H]2CCC[C@H](C)[C@H]2C)n1. The Labute approximate surface area is 188 Å². The summed E-state index contributed by atoms with van der Waals surface area (Å²) in [6.07, 6.45) is 3.11. The van der Waals surface area contributed by atoms with Crippen LogP contribution in [0.4, 0.5) is 5.69 Å². The highest BCUT2D eigenvalue weighted by Crippen LogP contribution is 2.35. The van der Waals surface area contributed by atoms with Crippen LogP contribution in [-0.4, -0.2) is 34.4 Å². The zero-order chi connectivity index (χ0) is 22.5. The third-order valence-electron chi connectivity index (χ3n) is 5.58. The lowest BCUT2D eigenvalue weighted by molar-refractivity contribution is -0.384. The molecule has 1 aliphatic rings. The van der Waals surface area contributed by atoms with Gasteiger partial charge in [0.05, 0.1) is 10.5 Å². The highest BCUT2D eigenvalue weighted by atomic mass is 32.2. The van der Waals surface area contributed by atoms with Crippen LogP contribution in [0, 0.1) is 28.9 Å². The minimum atomic E-state index is -0.778. The molecule has 1 aromatic heterocycles. The van der Waals surface area contributed by atoms with Crippen molar-refractivity contribution in [3.63, 3.8) is 0 Å². The number of non-ortho nitro benzene ring substituents is 1. The van der Waals surface area contributed by atoms with Gasteiger partial charge in [-0.15, -0.1) is 11.3 Å². The van der Waals surface area contributed by atoms with Gasteiger partial charge in [-0.3, -0.25) is 14.9 Å². The normalized spacial score (nSPS) is 20.8. The van der Waals surface area contributed by atoms with Crippen LogP contribution in [0.3, 0.4) is 0 Å². The number of hydrogen-bond acceptors (Lipinski definition) is 8. The standard InChI is InChI=1S/C21H25N3O5S2/c1-12-5-4-6-17(14(12)3)23-19(25)10-29-20(26)16-9-15(24(27)28)7-8-18(16)31-21-22-13(2)11-30-21/h7-9,11-12,14,17H,4-6,10H2,1-3H3,(H,23,25)/t12-,14+,17+/m0/s1. The number of ether oxygens (including phenoxy) is 1. The van der Waals surface area contributed by atoms with Crippen LogP contribution in [0.5, 0.6) is 0 Å². The molecule has 1 N–H and O–H groups in total. The summed E-state index contributed by atoms with van der Waals surface area (Å²) in [6.45, 7) is 5.72. The summed E-state index contributed by atoms with van der Waals surface area (Å²) in [6, 6.07) is 4.07. The van der Waals surface area contributed by atoms with Crippen LogP contribution in [-0.2, 0) is 9.53 Å². The van der Waals surface area contributed by atoms with Crippen molar-refractivity contribution in [3.05, 3.63) is 45.0 Å². The first-order chi connectivity index (χ1) is 14.7. The summed E-state index contributed by atoms with van der Waals surface area (Å²) in [7, 11) is 0. The molecule has 166 valence electrons. The van der Waals surface area contributed by atoms with Gasteiger partial charge in [-0.2, -0.15) is 0 Å². The van der Waals surface area contributed by atoms with Crippen LogP contribution in [0.1, 0.15) is 49.2 Å². The molecule has 0 bridgehead atoms. The van der Waals surface area contributed by atoms with Crippen LogP contribution in [0.2, 0.25) is 0 Å². The molecule has 1 fully saturated rings. The molecule has 10 heteroatoms. The fourth-order valence-electron chi connectivity index (χ4n) is 3.60. The molecule has 0 radical (unpaired) electrons. The summed E-state index contributed by atoms with van der Waals surface area (Å²) in [5.41, 5.74) is 0.669. The van der Waals surface area contributed by atoms with Crippen molar-refractivity contribution in [1.29, 1.82) is 0 Å². The van der Waals surface area contributed by atoms with E-state index in [9.17, 15) is 19.7 Å². The molecule has 2 aromatic rings. The maximum Gasteiger partial charge on any atom is 0.340 e. The van der Waals surface area contributed by atoms with E-state index in [1.54, 1.807) is 0 Å².